The molecule has 262 valence electrons. The molecule has 0 aliphatic heterocycles. The second-order valence-electron chi connectivity index (χ2n) is 14.1. The van der Waals surface area contributed by atoms with E-state index in [4.69, 9.17) is 15.0 Å². The summed E-state index contributed by atoms with van der Waals surface area (Å²) < 4.78 is 5.04. The number of hydrogen-bond donors (Lipinski definition) is 0. The summed E-state index contributed by atoms with van der Waals surface area (Å²) in [6.07, 6.45) is 0. The van der Waals surface area contributed by atoms with E-state index in [1.165, 1.54) is 53.1 Å². The molecule has 11 aromatic rings. The Labute approximate surface area is 327 Å². The van der Waals surface area contributed by atoms with Gasteiger partial charge in [0.05, 0.1) is 11.0 Å². The lowest BCUT2D eigenvalue weighted by Crippen LogP contribution is -2.00. The topological polar surface area (TPSA) is 43.6 Å². The number of thiophene rings is 1. The van der Waals surface area contributed by atoms with Gasteiger partial charge in [-0.25, -0.2) is 15.0 Å². The van der Waals surface area contributed by atoms with Crippen molar-refractivity contribution >= 4 is 53.3 Å². The van der Waals surface area contributed by atoms with Crippen LogP contribution in [0.1, 0.15) is 0 Å². The summed E-state index contributed by atoms with van der Waals surface area (Å²) in [5.41, 5.74) is 10.9. The van der Waals surface area contributed by atoms with Crippen LogP contribution < -0.4 is 0 Å². The number of aromatic nitrogens is 4. The molecule has 0 spiro atoms. The molecule has 0 N–H and O–H groups in total. The SMILES string of the molecule is c1ccc(-c2nc(-c3ccccc3)nc(-c3cccc(-c4cccc(-n5c6ccccc6c6cc(-c7ccc8sc9ccccc9c8c7)ccc65)c4)c3)n2)cc1. The van der Waals surface area contributed by atoms with Crippen molar-refractivity contribution in [3.63, 3.8) is 0 Å². The standard InChI is InChI=1S/C51H32N4S/c1-3-13-33(14-4-1)49-52-50(34-15-5-2-6-16-34)54-51(53-49)39-19-11-17-35(29-39)36-18-12-20-40(30-36)55-45-23-9-7-21-41(45)43-31-37(25-27-46(43)55)38-26-28-48-44(32-38)42-22-8-10-24-47(42)56-48/h1-32H. The minimum absolute atomic E-state index is 0.639. The van der Waals surface area contributed by atoms with Crippen molar-refractivity contribution in [1.29, 1.82) is 0 Å². The lowest BCUT2D eigenvalue weighted by molar-refractivity contribution is 1.07. The number of fused-ring (bicyclic) bond motifs is 6. The molecule has 0 bridgehead atoms. The Bertz CT molecular complexity index is 3200. The molecule has 8 aromatic carbocycles. The van der Waals surface area contributed by atoms with Crippen molar-refractivity contribution in [2.45, 2.75) is 0 Å². The molecule has 0 radical (unpaired) electrons. The van der Waals surface area contributed by atoms with Gasteiger partial charge < -0.3 is 4.57 Å². The van der Waals surface area contributed by atoms with E-state index >= 15 is 0 Å². The van der Waals surface area contributed by atoms with Crippen molar-refractivity contribution in [3.8, 4) is 62.1 Å². The zero-order valence-corrected chi connectivity index (χ0v) is 31.0. The fraction of sp³-hybridized carbons (Fsp3) is 0. The van der Waals surface area contributed by atoms with E-state index in [0.29, 0.717) is 17.5 Å². The van der Waals surface area contributed by atoms with E-state index in [1.54, 1.807) is 0 Å². The molecular weight excluding hydrogens is 701 g/mol. The van der Waals surface area contributed by atoms with Gasteiger partial charge in [0.15, 0.2) is 17.5 Å². The quantitative estimate of drug-likeness (QED) is 0.171. The summed E-state index contributed by atoms with van der Waals surface area (Å²) in [5.74, 6) is 1.94. The molecule has 0 aliphatic carbocycles. The van der Waals surface area contributed by atoms with Crippen LogP contribution >= 0.6 is 11.3 Å². The van der Waals surface area contributed by atoms with Gasteiger partial charge in [0.25, 0.3) is 0 Å². The van der Waals surface area contributed by atoms with Crippen LogP contribution in [0.5, 0.6) is 0 Å². The highest BCUT2D eigenvalue weighted by atomic mass is 32.1. The Morgan fingerprint density at radius 2 is 0.804 bits per heavy atom. The highest BCUT2D eigenvalue weighted by Crippen LogP contribution is 2.39. The van der Waals surface area contributed by atoms with Crippen LogP contribution in [0.4, 0.5) is 0 Å². The lowest BCUT2D eigenvalue weighted by atomic mass is 10.0. The third-order valence-corrected chi connectivity index (χ3v) is 11.8. The molecule has 56 heavy (non-hydrogen) atoms. The van der Waals surface area contributed by atoms with Crippen molar-refractivity contribution in [2.24, 2.45) is 0 Å². The largest absolute Gasteiger partial charge is 0.309 e. The predicted molar refractivity (Wildman–Crippen MR) is 234 cm³/mol. The van der Waals surface area contributed by atoms with Crippen LogP contribution in [0, 0.1) is 0 Å². The van der Waals surface area contributed by atoms with Crippen molar-refractivity contribution in [1.82, 2.24) is 19.5 Å². The number of benzene rings is 8. The molecule has 0 unspecified atom stereocenters. The Morgan fingerprint density at radius 1 is 0.304 bits per heavy atom. The molecule has 11 rings (SSSR count). The molecule has 5 heteroatoms. The monoisotopic (exact) mass is 732 g/mol. The average molecular weight is 733 g/mol. The van der Waals surface area contributed by atoms with Gasteiger partial charge in [0.1, 0.15) is 0 Å². The van der Waals surface area contributed by atoms with Crippen molar-refractivity contribution in [3.05, 3.63) is 194 Å². The zero-order valence-electron chi connectivity index (χ0n) is 30.2. The second kappa shape index (κ2) is 13.3. The van der Waals surface area contributed by atoms with Gasteiger partial charge in [-0.1, -0.05) is 140 Å². The molecule has 0 aliphatic rings. The maximum Gasteiger partial charge on any atom is 0.164 e. The van der Waals surface area contributed by atoms with Gasteiger partial charge in [-0.15, -0.1) is 11.3 Å². The average Bonchev–Trinajstić information content (AvgIpc) is 3.82. The van der Waals surface area contributed by atoms with Crippen molar-refractivity contribution in [2.75, 3.05) is 0 Å². The summed E-state index contributed by atoms with van der Waals surface area (Å²) in [7, 11) is 0. The molecule has 0 fully saturated rings. The molecule has 0 saturated carbocycles. The Kier molecular flexibility index (Phi) is 7.64. The van der Waals surface area contributed by atoms with E-state index in [-0.39, 0.29) is 0 Å². The maximum absolute atomic E-state index is 4.99. The van der Waals surface area contributed by atoms with Crippen molar-refractivity contribution < 1.29 is 0 Å². The fourth-order valence-corrected chi connectivity index (χ4v) is 9.02. The van der Waals surface area contributed by atoms with Crippen LogP contribution in [0.2, 0.25) is 0 Å². The third kappa shape index (κ3) is 5.56. The Morgan fingerprint density at radius 3 is 1.55 bits per heavy atom. The van der Waals surface area contributed by atoms with E-state index in [0.717, 1.165) is 33.5 Å². The van der Waals surface area contributed by atoms with E-state index < -0.39 is 0 Å². The van der Waals surface area contributed by atoms with Crippen LogP contribution in [0.15, 0.2) is 194 Å². The summed E-state index contributed by atoms with van der Waals surface area (Å²) >= 11 is 1.86. The van der Waals surface area contributed by atoms with Crippen LogP contribution in [-0.2, 0) is 0 Å². The summed E-state index contributed by atoms with van der Waals surface area (Å²) in [6.45, 7) is 0. The van der Waals surface area contributed by atoms with Crippen LogP contribution in [0.25, 0.3) is 104 Å². The summed E-state index contributed by atoms with van der Waals surface area (Å²) in [5, 5.41) is 5.10. The number of para-hydroxylation sites is 1. The third-order valence-electron chi connectivity index (χ3n) is 10.6. The molecule has 0 amide bonds. The molecule has 3 heterocycles. The molecule has 0 saturated heterocycles. The Balaban J connectivity index is 1.00. The normalized spacial score (nSPS) is 11.6. The van der Waals surface area contributed by atoms with Gasteiger partial charge >= 0.3 is 0 Å². The zero-order chi connectivity index (χ0) is 37.0. The minimum Gasteiger partial charge on any atom is -0.309 e. The lowest BCUT2D eigenvalue weighted by Gasteiger charge is -2.12. The molecular formula is C51H32N4S. The fourth-order valence-electron chi connectivity index (χ4n) is 7.94. The first kappa shape index (κ1) is 32.2. The number of nitrogens with zero attached hydrogens (tertiary/aromatic N) is 4. The first-order chi connectivity index (χ1) is 27.7. The maximum atomic E-state index is 4.99. The van der Waals surface area contributed by atoms with E-state index in [9.17, 15) is 0 Å². The Hall–Kier alpha value is -7.21. The second-order valence-corrected chi connectivity index (χ2v) is 15.1. The molecule has 3 aromatic heterocycles. The summed E-state index contributed by atoms with van der Waals surface area (Å²) in [6, 6.07) is 68.8. The van der Waals surface area contributed by atoms with Gasteiger partial charge in [0, 0.05) is 53.3 Å². The molecule has 0 atom stereocenters. The van der Waals surface area contributed by atoms with Gasteiger partial charge in [-0.3, -0.25) is 0 Å². The summed E-state index contributed by atoms with van der Waals surface area (Å²) in [4.78, 5) is 14.9. The minimum atomic E-state index is 0.639. The van der Waals surface area contributed by atoms with Crippen LogP contribution in [-0.4, -0.2) is 19.5 Å². The predicted octanol–water partition coefficient (Wildman–Crippen LogP) is 13.7. The van der Waals surface area contributed by atoms with Gasteiger partial charge in [-0.2, -0.15) is 0 Å². The van der Waals surface area contributed by atoms with Gasteiger partial charge in [-0.05, 0) is 76.9 Å². The smallest absolute Gasteiger partial charge is 0.164 e. The number of hydrogen-bond acceptors (Lipinski definition) is 4. The highest BCUT2D eigenvalue weighted by Gasteiger charge is 2.16. The number of rotatable bonds is 6. The van der Waals surface area contributed by atoms with Crippen LogP contribution in [0.3, 0.4) is 0 Å². The first-order valence-electron chi connectivity index (χ1n) is 18.8. The van der Waals surface area contributed by atoms with Gasteiger partial charge in [0.2, 0.25) is 0 Å². The molecule has 4 nitrogen and oxygen atoms in total. The van der Waals surface area contributed by atoms with E-state index in [2.05, 4.69) is 138 Å². The highest BCUT2D eigenvalue weighted by molar-refractivity contribution is 7.25. The first-order valence-corrected chi connectivity index (χ1v) is 19.6. The van der Waals surface area contributed by atoms with E-state index in [1.807, 2.05) is 72.0 Å².